The van der Waals surface area contributed by atoms with Gasteiger partial charge in [0.05, 0.1) is 12.2 Å². The zero-order chi connectivity index (χ0) is 14.5. The normalized spacial score (nSPS) is 16.1. The first-order valence-corrected chi connectivity index (χ1v) is 7.80. The van der Waals surface area contributed by atoms with Gasteiger partial charge < -0.3 is 10.0 Å². The zero-order valence-corrected chi connectivity index (χ0v) is 12.9. The quantitative estimate of drug-likeness (QED) is 0.910. The summed E-state index contributed by atoms with van der Waals surface area (Å²) in [5.41, 5.74) is 0.0616. The van der Waals surface area contributed by atoms with Crippen molar-refractivity contribution in [2.45, 2.75) is 38.1 Å². The molecule has 0 atom stereocenters. The number of aliphatic hydroxyl groups excluding tert-OH is 1. The number of halogens is 2. The molecule has 1 aromatic carbocycles. The van der Waals surface area contributed by atoms with Gasteiger partial charge in [-0.3, -0.25) is 4.79 Å². The van der Waals surface area contributed by atoms with E-state index in [-0.39, 0.29) is 30.7 Å². The van der Waals surface area contributed by atoms with Crippen molar-refractivity contribution in [3.05, 3.63) is 34.1 Å². The average Bonchev–Trinajstić information content (AvgIpc) is 2.45. The predicted octanol–water partition coefficient (Wildman–Crippen LogP) is 3.36. The predicted molar refractivity (Wildman–Crippen MR) is 79.1 cm³/mol. The molecule has 110 valence electrons. The van der Waals surface area contributed by atoms with Crippen LogP contribution in [0.3, 0.4) is 0 Å². The lowest BCUT2D eigenvalue weighted by Gasteiger charge is -2.34. The summed E-state index contributed by atoms with van der Waals surface area (Å²) in [4.78, 5) is 14.2. The van der Waals surface area contributed by atoms with Crippen LogP contribution in [-0.4, -0.2) is 35.1 Å². The second-order valence-corrected chi connectivity index (χ2v) is 5.96. The SMILES string of the molecule is O=C(c1c(F)cccc1Br)N(CCO)C1CCCCC1. The minimum absolute atomic E-state index is 0.0616. The lowest BCUT2D eigenvalue weighted by atomic mass is 9.93. The van der Waals surface area contributed by atoms with Gasteiger partial charge in [0.2, 0.25) is 0 Å². The molecule has 0 saturated heterocycles. The molecule has 3 nitrogen and oxygen atoms in total. The monoisotopic (exact) mass is 343 g/mol. The van der Waals surface area contributed by atoms with E-state index in [4.69, 9.17) is 0 Å². The Morgan fingerprint density at radius 1 is 1.35 bits per heavy atom. The molecule has 0 bridgehead atoms. The second kappa shape index (κ2) is 7.18. The summed E-state index contributed by atoms with van der Waals surface area (Å²) in [6.45, 7) is 0.151. The Hall–Kier alpha value is -0.940. The summed E-state index contributed by atoms with van der Waals surface area (Å²) in [7, 11) is 0. The molecular weight excluding hydrogens is 325 g/mol. The Labute approximate surface area is 126 Å². The molecule has 0 aliphatic heterocycles. The van der Waals surface area contributed by atoms with Crippen LogP contribution in [0.25, 0.3) is 0 Å². The van der Waals surface area contributed by atoms with E-state index in [9.17, 15) is 14.3 Å². The van der Waals surface area contributed by atoms with Crippen molar-refractivity contribution < 1.29 is 14.3 Å². The number of benzene rings is 1. The van der Waals surface area contributed by atoms with Gasteiger partial charge in [-0.2, -0.15) is 0 Å². The minimum atomic E-state index is -0.525. The van der Waals surface area contributed by atoms with Crippen LogP contribution in [0.2, 0.25) is 0 Å². The number of rotatable bonds is 4. The minimum Gasteiger partial charge on any atom is -0.395 e. The van der Waals surface area contributed by atoms with E-state index in [2.05, 4.69) is 15.9 Å². The third kappa shape index (κ3) is 3.38. The van der Waals surface area contributed by atoms with Crippen LogP contribution in [0, 0.1) is 5.82 Å². The fraction of sp³-hybridized carbons (Fsp3) is 0.533. The molecule has 1 fully saturated rings. The maximum atomic E-state index is 13.9. The van der Waals surface area contributed by atoms with Gasteiger partial charge in [0, 0.05) is 17.1 Å². The Kier molecular flexibility index (Phi) is 5.54. The summed E-state index contributed by atoms with van der Waals surface area (Å²) >= 11 is 3.24. The van der Waals surface area contributed by atoms with Crippen LogP contribution in [-0.2, 0) is 0 Å². The molecule has 1 saturated carbocycles. The van der Waals surface area contributed by atoms with E-state index < -0.39 is 5.82 Å². The van der Waals surface area contributed by atoms with E-state index in [0.29, 0.717) is 4.47 Å². The highest BCUT2D eigenvalue weighted by Gasteiger charge is 2.28. The lowest BCUT2D eigenvalue weighted by molar-refractivity contribution is 0.0579. The Morgan fingerprint density at radius 3 is 2.65 bits per heavy atom. The van der Waals surface area contributed by atoms with Gasteiger partial charge in [0.1, 0.15) is 5.82 Å². The highest BCUT2D eigenvalue weighted by atomic mass is 79.9. The molecule has 20 heavy (non-hydrogen) atoms. The zero-order valence-electron chi connectivity index (χ0n) is 11.3. The molecule has 2 rings (SSSR count). The van der Waals surface area contributed by atoms with Crippen LogP contribution < -0.4 is 0 Å². The standard InChI is InChI=1S/C15H19BrFNO2/c16-12-7-4-8-13(17)14(12)15(20)18(9-10-19)11-5-2-1-3-6-11/h4,7-8,11,19H,1-3,5-6,9-10H2. The lowest BCUT2D eigenvalue weighted by Crippen LogP contribution is -2.43. The van der Waals surface area contributed by atoms with Crippen LogP contribution in [0.4, 0.5) is 4.39 Å². The topological polar surface area (TPSA) is 40.5 Å². The summed E-state index contributed by atoms with van der Waals surface area (Å²) in [5, 5.41) is 9.20. The number of carbonyl (C=O) groups excluding carboxylic acids is 1. The number of amides is 1. The molecule has 0 heterocycles. The number of hydrogen-bond acceptors (Lipinski definition) is 2. The van der Waals surface area contributed by atoms with Crippen molar-refractivity contribution in [2.75, 3.05) is 13.2 Å². The van der Waals surface area contributed by atoms with E-state index >= 15 is 0 Å². The van der Waals surface area contributed by atoms with Crippen LogP contribution >= 0.6 is 15.9 Å². The van der Waals surface area contributed by atoms with Crippen molar-refractivity contribution in [2.24, 2.45) is 0 Å². The molecule has 1 N–H and O–H groups in total. The van der Waals surface area contributed by atoms with E-state index in [1.807, 2.05) is 0 Å². The number of aliphatic hydroxyl groups is 1. The molecule has 0 spiro atoms. The third-order valence-electron chi connectivity index (χ3n) is 3.79. The molecule has 1 aromatic rings. The van der Waals surface area contributed by atoms with Crippen LogP contribution in [0.15, 0.2) is 22.7 Å². The second-order valence-electron chi connectivity index (χ2n) is 5.11. The van der Waals surface area contributed by atoms with Gasteiger partial charge in [0.15, 0.2) is 0 Å². The summed E-state index contributed by atoms with van der Waals surface area (Å²) < 4.78 is 14.4. The van der Waals surface area contributed by atoms with Crippen molar-refractivity contribution in [1.82, 2.24) is 4.90 Å². The Balaban J connectivity index is 2.26. The first-order chi connectivity index (χ1) is 9.65. The molecule has 0 unspecified atom stereocenters. The molecule has 0 aromatic heterocycles. The third-order valence-corrected chi connectivity index (χ3v) is 4.45. The Bertz CT molecular complexity index is 455. The van der Waals surface area contributed by atoms with E-state index in [1.165, 1.54) is 12.5 Å². The summed E-state index contributed by atoms with van der Waals surface area (Å²) in [6, 6.07) is 4.62. The maximum absolute atomic E-state index is 13.9. The highest BCUT2D eigenvalue weighted by Crippen LogP contribution is 2.27. The van der Waals surface area contributed by atoms with Crippen LogP contribution in [0.5, 0.6) is 0 Å². The van der Waals surface area contributed by atoms with Gasteiger partial charge in [-0.25, -0.2) is 4.39 Å². The largest absolute Gasteiger partial charge is 0.395 e. The van der Waals surface area contributed by atoms with E-state index in [1.54, 1.807) is 17.0 Å². The van der Waals surface area contributed by atoms with Gasteiger partial charge >= 0.3 is 0 Å². The smallest absolute Gasteiger partial charge is 0.258 e. The molecule has 0 radical (unpaired) electrons. The number of nitrogens with zero attached hydrogens (tertiary/aromatic N) is 1. The average molecular weight is 344 g/mol. The molecule has 5 heteroatoms. The summed E-state index contributed by atoms with van der Waals surface area (Å²) in [6.07, 6.45) is 5.20. The van der Waals surface area contributed by atoms with Crippen LogP contribution in [0.1, 0.15) is 42.5 Å². The summed E-state index contributed by atoms with van der Waals surface area (Å²) in [5.74, 6) is -0.862. The molecule has 1 amide bonds. The van der Waals surface area contributed by atoms with Gasteiger partial charge in [-0.05, 0) is 40.9 Å². The van der Waals surface area contributed by atoms with E-state index in [0.717, 1.165) is 25.7 Å². The van der Waals surface area contributed by atoms with Gasteiger partial charge in [-0.1, -0.05) is 25.3 Å². The number of hydrogen-bond donors (Lipinski definition) is 1. The number of carbonyl (C=O) groups is 1. The maximum Gasteiger partial charge on any atom is 0.258 e. The fourth-order valence-electron chi connectivity index (χ4n) is 2.80. The van der Waals surface area contributed by atoms with Gasteiger partial charge in [-0.15, -0.1) is 0 Å². The van der Waals surface area contributed by atoms with Crippen molar-refractivity contribution in [3.8, 4) is 0 Å². The van der Waals surface area contributed by atoms with Crippen molar-refractivity contribution >= 4 is 21.8 Å². The first-order valence-electron chi connectivity index (χ1n) is 7.01. The Morgan fingerprint density at radius 2 is 2.05 bits per heavy atom. The molecule has 1 aliphatic carbocycles. The molecule has 1 aliphatic rings. The fourth-order valence-corrected chi connectivity index (χ4v) is 3.31. The van der Waals surface area contributed by atoms with Gasteiger partial charge in [0.25, 0.3) is 5.91 Å². The molecular formula is C15H19BrFNO2. The highest BCUT2D eigenvalue weighted by molar-refractivity contribution is 9.10. The first kappa shape index (κ1) is 15.4. The van der Waals surface area contributed by atoms with Crippen molar-refractivity contribution in [1.29, 1.82) is 0 Å². The van der Waals surface area contributed by atoms with Crippen molar-refractivity contribution in [3.63, 3.8) is 0 Å².